The van der Waals surface area contributed by atoms with Crippen molar-refractivity contribution >= 4 is 44.9 Å². The smallest absolute Gasteiger partial charge is 0.293 e. The molecule has 0 bridgehead atoms. The van der Waals surface area contributed by atoms with E-state index in [0.717, 1.165) is 30.2 Å². The van der Waals surface area contributed by atoms with Crippen molar-refractivity contribution in [2.24, 2.45) is 0 Å². The van der Waals surface area contributed by atoms with Crippen LogP contribution in [-0.4, -0.2) is 29.7 Å². The van der Waals surface area contributed by atoms with Crippen LogP contribution in [-0.2, 0) is 11.4 Å². The highest BCUT2D eigenvalue weighted by atomic mass is 79.9. The van der Waals surface area contributed by atoms with Crippen molar-refractivity contribution < 1.29 is 19.1 Å². The summed E-state index contributed by atoms with van der Waals surface area (Å²) in [6.45, 7) is 2.66. The number of imide groups is 1. The number of hydrogen-bond acceptors (Lipinski definition) is 6. The Morgan fingerprint density at radius 2 is 2.00 bits per heavy atom. The SMILES string of the molecule is CCCCN1C(=O)S/C(=C\c2cc(OC)c(OCc3ccccc3C#N)cc2Br)C1=O. The van der Waals surface area contributed by atoms with Gasteiger partial charge in [-0.1, -0.05) is 47.5 Å². The lowest BCUT2D eigenvalue weighted by Crippen LogP contribution is -2.29. The molecule has 2 amide bonds. The van der Waals surface area contributed by atoms with Crippen molar-refractivity contribution in [2.45, 2.75) is 26.4 Å². The van der Waals surface area contributed by atoms with Gasteiger partial charge in [0.05, 0.1) is 23.6 Å². The fourth-order valence-corrected chi connectivity index (χ4v) is 4.29. The Bertz CT molecular complexity index is 1080. The van der Waals surface area contributed by atoms with Crippen LogP contribution in [0.1, 0.15) is 36.5 Å². The van der Waals surface area contributed by atoms with Crippen LogP contribution in [0.5, 0.6) is 11.5 Å². The first kappa shape index (κ1) is 22.9. The molecule has 1 aliphatic rings. The average Bonchev–Trinajstić information content (AvgIpc) is 3.04. The summed E-state index contributed by atoms with van der Waals surface area (Å²) in [6.07, 6.45) is 3.37. The first-order valence-electron chi connectivity index (χ1n) is 9.72. The van der Waals surface area contributed by atoms with Gasteiger partial charge >= 0.3 is 0 Å². The van der Waals surface area contributed by atoms with Gasteiger partial charge in [0.1, 0.15) is 6.61 Å². The van der Waals surface area contributed by atoms with E-state index in [1.165, 1.54) is 12.0 Å². The second kappa shape index (κ2) is 10.5. The van der Waals surface area contributed by atoms with Crippen LogP contribution >= 0.6 is 27.7 Å². The van der Waals surface area contributed by atoms with Gasteiger partial charge in [0.25, 0.3) is 11.1 Å². The second-order valence-corrected chi connectivity index (χ2v) is 8.62. The van der Waals surface area contributed by atoms with E-state index in [9.17, 15) is 14.9 Å². The standard InChI is InChI=1S/C23H21BrN2O4S/c1-3-4-9-26-22(27)21(31-23(26)28)11-17-10-19(29-2)20(12-18(17)24)30-14-16-8-6-5-7-15(16)13-25/h5-8,10-12H,3-4,9,14H2,1-2H3/b21-11-. The molecule has 2 aromatic carbocycles. The molecule has 0 spiro atoms. The predicted octanol–water partition coefficient (Wildman–Crippen LogP) is 5.74. The molecule has 160 valence electrons. The molecule has 0 aromatic heterocycles. The topological polar surface area (TPSA) is 79.6 Å². The van der Waals surface area contributed by atoms with Crippen LogP contribution in [0.3, 0.4) is 0 Å². The zero-order valence-corrected chi connectivity index (χ0v) is 19.6. The molecule has 0 saturated carbocycles. The van der Waals surface area contributed by atoms with Crippen LogP contribution in [0.25, 0.3) is 6.08 Å². The van der Waals surface area contributed by atoms with Crippen LogP contribution in [0.2, 0.25) is 0 Å². The number of nitriles is 1. The van der Waals surface area contributed by atoms with E-state index in [1.807, 2.05) is 19.1 Å². The van der Waals surface area contributed by atoms with Crippen molar-refractivity contribution in [3.63, 3.8) is 0 Å². The second-order valence-electron chi connectivity index (χ2n) is 6.77. The van der Waals surface area contributed by atoms with Crippen molar-refractivity contribution in [3.05, 3.63) is 62.5 Å². The van der Waals surface area contributed by atoms with E-state index in [-0.39, 0.29) is 17.8 Å². The van der Waals surface area contributed by atoms with E-state index >= 15 is 0 Å². The molecule has 6 nitrogen and oxygen atoms in total. The van der Waals surface area contributed by atoms with Gasteiger partial charge in [-0.3, -0.25) is 14.5 Å². The summed E-state index contributed by atoms with van der Waals surface area (Å²) in [5.41, 5.74) is 2.02. The number of amides is 2. The quantitative estimate of drug-likeness (QED) is 0.429. The molecule has 31 heavy (non-hydrogen) atoms. The van der Waals surface area contributed by atoms with E-state index in [2.05, 4.69) is 22.0 Å². The number of methoxy groups -OCH3 is 1. The molecule has 1 heterocycles. The summed E-state index contributed by atoms with van der Waals surface area (Å²) < 4.78 is 12.1. The number of halogens is 1. The normalized spacial score (nSPS) is 14.8. The van der Waals surface area contributed by atoms with Gasteiger partial charge in [-0.2, -0.15) is 5.26 Å². The van der Waals surface area contributed by atoms with Gasteiger partial charge in [0, 0.05) is 16.6 Å². The third-order valence-corrected chi connectivity index (χ3v) is 6.29. The third kappa shape index (κ3) is 5.30. The van der Waals surface area contributed by atoms with Crippen LogP contribution in [0, 0.1) is 11.3 Å². The van der Waals surface area contributed by atoms with Crippen molar-refractivity contribution in [1.29, 1.82) is 5.26 Å². The molecule has 1 saturated heterocycles. The Labute approximate surface area is 194 Å². The minimum atomic E-state index is -0.275. The van der Waals surface area contributed by atoms with Gasteiger partial charge < -0.3 is 9.47 Å². The number of ether oxygens (including phenoxy) is 2. The van der Waals surface area contributed by atoms with E-state index in [4.69, 9.17) is 9.47 Å². The summed E-state index contributed by atoms with van der Waals surface area (Å²) in [5.74, 6) is 0.701. The first-order valence-corrected chi connectivity index (χ1v) is 11.3. The lowest BCUT2D eigenvalue weighted by Gasteiger charge is -2.14. The lowest BCUT2D eigenvalue weighted by molar-refractivity contribution is -0.122. The maximum Gasteiger partial charge on any atom is 0.293 e. The molecule has 0 aliphatic carbocycles. The molecule has 2 aromatic rings. The number of nitrogens with zero attached hydrogens (tertiary/aromatic N) is 2. The van der Waals surface area contributed by atoms with Gasteiger partial charge in [-0.05, 0) is 48.0 Å². The number of hydrogen-bond donors (Lipinski definition) is 0. The highest BCUT2D eigenvalue weighted by molar-refractivity contribution is 9.10. The lowest BCUT2D eigenvalue weighted by atomic mass is 10.1. The molecular formula is C23H21BrN2O4S. The van der Waals surface area contributed by atoms with Crippen LogP contribution in [0.15, 0.2) is 45.8 Å². The highest BCUT2D eigenvalue weighted by Crippen LogP contribution is 2.38. The summed E-state index contributed by atoms with van der Waals surface area (Å²) in [7, 11) is 1.53. The Morgan fingerprint density at radius 3 is 2.71 bits per heavy atom. The largest absolute Gasteiger partial charge is 0.493 e. The first-order chi connectivity index (χ1) is 15.0. The fraction of sp³-hybridized carbons (Fsp3) is 0.261. The fourth-order valence-electron chi connectivity index (χ4n) is 2.99. The number of rotatable bonds is 8. The average molecular weight is 501 g/mol. The zero-order valence-electron chi connectivity index (χ0n) is 17.2. The minimum absolute atomic E-state index is 0.211. The number of carbonyl (C=O) groups excluding carboxylic acids is 2. The molecule has 1 aliphatic heterocycles. The highest BCUT2D eigenvalue weighted by Gasteiger charge is 2.34. The molecule has 3 rings (SSSR count). The minimum Gasteiger partial charge on any atom is -0.493 e. The molecule has 0 radical (unpaired) electrons. The molecular weight excluding hydrogens is 480 g/mol. The number of thioether (sulfide) groups is 1. The summed E-state index contributed by atoms with van der Waals surface area (Å²) in [4.78, 5) is 26.4. The summed E-state index contributed by atoms with van der Waals surface area (Å²) in [5, 5.41) is 8.99. The van der Waals surface area contributed by atoms with Crippen molar-refractivity contribution in [2.75, 3.05) is 13.7 Å². The Hall–Kier alpha value is -2.76. The van der Waals surface area contributed by atoms with Crippen molar-refractivity contribution in [3.8, 4) is 17.6 Å². The van der Waals surface area contributed by atoms with E-state index in [1.54, 1.807) is 30.3 Å². The molecule has 0 atom stereocenters. The van der Waals surface area contributed by atoms with E-state index < -0.39 is 0 Å². The van der Waals surface area contributed by atoms with Crippen molar-refractivity contribution in [1.82, 2.24) is 4.90 Å². The van der Waals surface area contributed by atoms with Crippen LogP contribution in [0.4, 0.5) is 4.79 Å². The predicted molar refractivity (Wildman–Crippen MR) is 124 cm³/mol. The number of carbonyl (C=O) groups is 2. The Balaban J connectivity index is 1.83. The summed E-state index contributed by atoms with van der Waals surface area (Å²) >= 11 is 4.45. The van der Waals surface area contributed by atoms with Crippen LogP contribution < -0.4 is 9.47 Å². The molecule has 1 fully saturated rings. The van der Waals surface area contributed by atoms with Gasteiger partial charge in [0.15, 0.2) is 11.5 Å². The molecule has 8 heteroatoms. The monoisotopic (exact) mass is 500 g/mol. The van der Waals surface area contributed by atoms with Gasteiger partial charge in [-0.25, -0.2) is 0 Å². The maximum atomic E-state index is 12.6. The Morgan fingerprint density at radius 1 is 1.23 bits per heavy atom. The molecule has 0 N–H and O–H groups in total. The maximum absolute atomic E-state index is 12.6. The number of benzene rings is 2. The summed E-state index contributed by atoms with van der Waals surface area (Å²) in [6, 6.07) is 12.9. The zero-order chi connectivity index (χ0) is 22.4. The van der Waals surface area contributed by atoms with Gasteiger partial charge in [-0.15, -0.1) is 0 Å². The molecule has 0 unspecified atom stereocenters. The number of unbranched alkanes of at least 4 members (excludes halogenated alkanes) is 1. The third-order valence-electron chi connectivity index (χ3n) is 4.70. The van der Waals surface area contributed by atoms with Gasteiger partial charge in [0.2, 0.25) is 0 Å². The Kier molecular flexibility index (Phi) is 7.77. The van der Waals surface area contributed by atoms with E-state index in [0.29, 0.717) is 38.5 Å².